The third-order valence-electron chi connectivity index (χ3n) is 9.71. The molecule has 4 N–H and O–H groups in total. The van der Waals surface area contributed by atoms with Crippen LogP contribution < -0.4 is 0 Å². The number of benzene rings is 1. The molecule has 2 amide bonds. The quantitative estimate of drug-likeness (QED) is 0.220. The zero-order valence-corrected chi connectivity index (χ0v) is 28.7. The van der Waals surface area contributed by atoms with E-state index in [9.17, 15) is 43.2 Å². The first kappa shape index (κ1) is 37.7. The van der Waals surface area contributed by atoms with Gasteiger partial charge in [-0.3, -0.25) is 9.59 Å². The van der Waals surface area contributed by atoms with Crippen LogP contribution in [-0.2, 0) is 19.1 Å². The molecule has 2 aliphatic heterocycles. The summed E-state index contributed by atoms with van der Waals surface area (Å²) >= 11 is 12.9. The number of hydrogen-bond donors (Lipinski definition) is 4. The number of rotatable bonds is 9. The van der Waals surface area contributed by atoms with Crippen LogP contribution in [-0.4, -0.2) is 131 Å². The molecule has 0 spiro atoms. The molecule has 4 aliphatic rings. The topological polar surface area (TPSA) is 171 Å². The lowest BCUT2D eigenvalue weighted by Crippen LogP contribution is -2.63. The number of aliphatic hydroxyl groups excluding tert-OH is 4. The summed E-state index contributed by atoms with van der Waals surface area (Å²) in [6.45, 7) is -1.08. The maximum atomic E-state index is 14.9. The molecular formula is C33H38Cl2F3N5O8. The van der Waals surface area contributed by atoms with Gasteiger partial charge in [-0.1, -0.05) is 29.7 Å². The second-order valence-corrected chi connectivity index (χ2v) is 14.2. The minimum atomic E-state index is -1.68. The number of β-amino-alcohol motifs (C(OH)–C–C–N with tert-alkyl or cyclic N) is 1. The fourth-order valence-electron chi connectivity index (χ4n) is 7.13. The second kappa shape index (κ2) is 15.9. The number of nitrogens with zero attached hydrogens (tertiary/aromatic N) is 5. The van der Waals surface area contributed by atoms with Crippen molar-refractivity contribution in [3.05, 3.63) is 58.7 Å². The summed E-state index contributed by atoms with van der Waals surface area (Å²) in [6.07, 6.45) is -0.663. The maximum absolute atomic E-state index is 14.9. The minimum Gasteiger partial charge on any atom is -0.394 e. The van der Waals surface area contributed by atoms with Gasteiger partial charge in [0.15, 0.2) is 23.6 Å². The van der Waals surface area contributed by atoms with E-state index in [1.165, 1.54) is 16.0 Å². The fraction of sp³-hybridized carbons (Fsp3) is 0.576. The molecule has 1 saturated carbocycles. The Morgan fingerprint density at radius 2 is 1.82 bits per heavy atom. The summed E-state index contributed by atoms with van der Waals surface area (Å²) in [5.41, 5.74) is -0.0342. The van der Waals surface area contributed by atoms with Gasteiger partial charge in [0.2, 0.25) is 5.91 Å². The molecule has 0 radical (unpaired) electrons. The lowest BCUT2D eigenvalue weighted by atomic mass is 9.88. The lowest BCUT2D eigenvalue weighted by molar-refractivity contribution is -0.223. The van der Waals surface area contributed by atoms with E-state index in [0.29, 0.717) is 55.0 Å². The maximum Gasteiger partial charge on any atom is 0.259 e. The van der Waals surface area contributed by atoms with Crippen molar-refractivity contribution in [2.75, 3.05) is 26.3 Å². The summed E-state index contributed by atoms with van der Waals surface area (Å²) in [7, 11) is 0. The van der Waals surface area contributed by atoms with Crippen LogP contribution in [0.5, 0.6) is 0 Å². The van der Waals surface area contributed by atoms with Crippen molar-refractivity contribution in [2.24, 2.45) is 0 Å². The molecule has 1 aromatic carbocycles. The molecule has 1 aromatic heterocycles. The van der Waals surface area contributed by atoms with Gasteiger partial charge in [0, 0.05) is 35.8 Å². The number of allylic oxidation sites excluding steroid dienone is 3. The Morgan fingerprint density at radius 1 is 1.10 bits per heavy atom. The first-order valence-electron chi connectivity index (χ1n) is 16.7. The zero-order valence-electron chi connectivity index (χ0n) is 27.2. The first-order chi connectivity index (χ1) is 24.4. The van der Waals surface area contributed by atoms with Crippen LogP contribution in [0.4, 0.5) is 13.2 Å². The van der Waals surface area contributed by atoms with Gasteiger partial charge in [-0.05, 0) is 43.5 Å². The number of aliphatic hydroxyl groups is 4. The van der Waals surface area contributed by atoms with Crippen LogP contribution in [0.1, 0.15) is 44.6 Å². The Morgan fingerprint density at radius 3 is 2.47 bits per heavy atom. The van der Waals surface area contributed by atoms with E-state index < -0.39 is 96.6 Å². The highest BCUT2D eigenvalue weighted by molar-refractivity contribution is 6.31. The largest absolute Gasteiger partial charge is 0.394 e. The average molecular weight is 761 g/mol. The Labute approximate surface area is 300 Å². The highest BCUT2D eigenvalue weighted by Crippen LogP contribution is 2.38. The minimum absolute atomic E-state index is 0.0653. The molecule has 2 aliphatic carbocycles. The predicted molar refractivity (Wildman–Crippen MR) is 174 cm³/mol. The predicted octanol–water partition coefficient (Wildman–Crippen LogP) is 2.15. The number of halogens is 5. The second-order valence-electron chi connectivity index (χ2n) is 13.2. The molecule has 51 heavy (non-hydrogen) atoms. The van der Waals surface area contributed by atoms with Crippen LogP contribution in [0, 0.1) is 17.5 Å². The van der Waals surface area contributed by atoms with Gasteiger partial charge < -0.3 is 39.7 Å². The fourth-order valence-corrected chi connectivity index (χ4v) is 7.78. The van der Waals surface area contributed by atoms with Crippen LogP contribution in [0.25, 0.3) is 11.3 Å². The zero-order chi connectivity index (χ0) is 36.6. The third-order valence-corrected chi connectivity index (χ3v) is 10.3. The normalized spacial score (nSPS) is 31.3. The molecule has 278 valence electrons. The van der Waals surface area contributed by atoms with E-state index in [-0.39, 0.29) is 24.3 Å². The Kier molecular flexibility index (Phi) is 11.7. The Balaban J connectivity index is 1.41. The van der Waals surface area contributed by atoms with E-state index >= 15 is 0 Å². The van der Waals surface area contributed by atoms with Gasteiger partial charge in [0.05, 0.1) is 36.4 Å². The van der Waals surface area contributed by atoms with Gasteiger partial charge in [0.1, 0.15) is 36.7 Å². The first-order valence-corrected chi connectivity index (χ1v) is 17.5. The van der Waals surface area contributed by atoms with Gasteiger partial charge in [-0.2, -0.15) is 0 Å². The van der Waals surface area contributed by atoms with Crippen molar-refractivity contribution in [3.63, 3.8) is 0 Å². The van der Waals surface area contributed by atoms with E-state index in [1.807, 2.05) is 0 Å². The number of hydrogen-bond acceptors (Lipinski definition) is 10. The SMILES string of the molecule is O=C(CO[C@@H]1[C@@H](n2cc(-c3cc(F)c(F)c(F)c3)nn2)[C@@H](O)[C@@H](CO)O[C@H]1C(=O)N(C1=CC(Cl)CC(Cl)=C1)[C@H]1CCCC[C@@H]1O)N1CC[C@H](O)C1. The molecule has 9 atom stereocenters. The summed E-state index contributed by atoms with van der Waals surface area (Å²) in [5, 5.41) is 50.7. The average Bonchev–Trinajstić information content (AvgIpc) is 3.76. The van der Waals surface area contributed by atoms with Gasteiger partial charge in [-0.15, -0.1) is 16.7 Å². The van der Waals surface area contributed by atoms with E-state index in [1.54, 1.807) is 12.2 Å². The number of amides is 2. The lowest BCUT2D eigenvalue weighted by Gasteiger charge is -2.47. The molecule has 2 aromatic rings. The number of likely N-dealkylation sites (tertiary alicyclic amines) is 1. The number of carbonyl (C=O) groups excluding carboxylic acids is 2. The number of ether oxygens (including phenoxy) is 2. The number of carbonyl (C=O) groups is 2. The molecule has 18 heteroatoms. The Bertz CT molecular complexity index is 1660. The summed E-state index contributed by atoms with van der Waals surface area (Å²) in [6, 6.07) is -0.740. The molecule has 1 unspecified atom stereocenters. The van der Waals surface area contributed by atoms with Crippen molar-refractivity contribution in [2.45, 2.75) is 92.6 Å². The smallest absolute Gasteiger partial charge is 0.259 e. The van der Waals surface area contributed by atoms with Gasteiger partial charge in [-0.25, -0.2) is 17.9 Å². The number of alkyl halides is 1. The summed E-state index contributed by atoms with van der Waals surface area (Å²) < 4.78 is 55.2. The molecule has 3 heterocycles. The van der Waals surface area contributed by atoms with Gasteiger partial charge in [0.25, 0.3) is 5.91 Å². The van der Waals surface area contributed by atoms with Crippen LogP contribution >= 0.6 is 23.2 Å². The van der Waals surface area contributed by atoms with E-state index in [4.69, 9.17) is 32.7 Å². The molecular weight excluding hydrogens is 722 g/mol. The van der Waals surface area contributed by atoms with Crippen LogP contribution in [0.15, 0.2) is 41.2 Å². The summed E-state index contributed by atoms with van der Waals surface area (Å²) in [4.78, 5) is 30.8. The molecule has 3 fully saturated rings. The standard InChI is InChI=1S/C33H38Cl2F3N5O8/c34-17-9-18(35)11-19(10-17)43(24-3-1-2-4-25(24)46)33(49)32-31(50-15-27(47)41-6-5-20(45)12-41)29(30(48)26(14-44)51-32)42-13-23(39-40-42)16-7-21(36)28(38)22(37)8-16/h7-8,10-11,13,17,20,24-26,29-32,44-46,48H,1-6,9,12,14-15H2/t17?,20-,24-,25-,26+,29-,30-,31+,32+/m0/s1. The van der Waals surface area contributed by atoms with Crippen molar-refractivity contribution in [1.82, 2.24) is 24.8 Å². The third kappa shape index (κ3) is 7.98. The number of aromatic nitrogens is 3. The summed E-state index contributed by atoms with van der Waals surface area (Å²) in [5.74, 6) is -5.91. The van der Waals surface area contributed by atoms with Gasteiger partial charge >= 0.3 is 0 Å². The van der Waals surface area contributed by atoms with E-state index in [2.05, 4.69) is 10.3 Å². The van der Waals surface area contributed by atoms with Crippen molar-refractivity contribution in [1.29, 1.82) is 0 Å². The van der Waals surface area contributed by atoms with Crippen LogP contribution in [0.2, 0.25) is 0 Å². The molecule has 6 rings (SSSR count). The van der Waals surface area contributed by atoms with Crippen molar-refractivity contribution in [3.8, 4) is 11.3 Å². The highest BCUT2D eigenvalue weighted by Gasteiger charge is 2.53. The monoisotopic (exact) mass is 759 g/mol. The molecule has 0 bridgehead atoms. The van der Waals surface area contributed by atoms with Crippen LogP contribution in [0.3, 0.4) is 0 Å². The molecule has 13 nitrogen and oxygen atoms in total. The van der Waals surface area contributed by atoms with Crippen molar-refractivity contribution >= 4 is 35.0 Å². The Hall–Kier alpha value is -3.09. The highest BCUT2D eigenvalue weighted by atomic mass is 35.5. The molecule has 2 saturated heterocycles. The van der Waals surface area contributed by atoms with Crippen molar-refractivity contribution < 1.29 is 52.7 Å². The van der Waals surface area contributed by atoms with E-state index in [0.717, 1.165) is 11.1 Å².